The van der Waals surface area contributed by atoms with Gasteiger partial charge in [0.2, 0.25) is 0 Å². The molecule has 1 aliphatic heterocycles. The predicted molar refractivity (Wildman–Crippen MR) is 132 cm³/mol. The van der Waals surface area contributed by atoms with Gasteiger partial charge in [0, 0.05) is 45.5 Å². The van der Waals surface area contributed by atoms with Gasteiger partial charge in [-0.3, -0.25) is 9.59 Å². The van der Waals surface area contributed by atoms with Gasteiger partial charge >= 0.3 is 0 Å². The van der Waals surface area contributed by atoms with Crippen LogP contribution >= 0.6 is 23.1 Å². The van der Waals surface area contributed by atoms with Crippen LogP contribution in [0, 0.1) is 19.3 Å². The van der Waals surface area contributed by atoms with Crippen LogP contribution in [0.25, 0.3) is 0 Å². The summed E-state index contributed by atoms with van der Waals surface area (Å²) < 4.78 is 1.14. The number of carbonyl (C=O) groups excluding carboxylic acids is 2. The van der Waals surface area contributed by atoms with Crippen LogP contribution in [-0.2, 0) is 9.59 Å². The zero-order chi connectivity index (χ0) is 23.2. The van der Waals surface area contributed by atoms with Crippen LogP contribution in [-0.4, -0.2) is 22.9 Å². The zero-order valence-electron chi connectivity index (χ0n) is 19.4. The number of aromatic nitrogens is 1. The van der Waals surface area contributed by atoms with Crippen LogP contribution in [0.4, 0.5) is 5.82 Å². The Morgan fingerprint density at radius 2 is 2.00 bits per heavy atom. The number of allylic oxidation sites excluding steroid dienone is 3. The van der Waals surface area contributed by atoms with Crippen molar-refractivity contribution in [2.24, 2.45) is 5.41 Å². The fraction of sp³-hybridized carbons (Fsp3) is 0.400. The summed E-state index contributed by atoms with van der Waals surface area (Å²) in [6.07, 6.45) is 3.31. The number of dihydropyridines is 1. The number of carbonyl (C=O) groups is 2. The number of anilines is 1. The normalized spacial score (nSPS) is 20.2. The molecule has 3 heterocycles. The molecule has 2 aromatic heterocycles. The highest BCUT2D eigenvalue weighted by Gasteiger charge is 2.43. The summed E-state index contributed by atoms with van der Waals surface area (Å²) in [6.45, 7) is 10.1. The van der Waals surface area contributed by atoms with Gasteiger partial charge in [-0.15, -0.1) is 23.1 Å². The molecule has 0 saturated heterocycles. The second kappa shape index (κ2) is 8.52. The maximum absolute atomic E-state index is 13.6. The van der Waals surface area contributed by atoms with E-state index >= 15 is 0 Å². The SMILES string of the molecule is CSc1sc(C)cc1[C@H]1C(C(=O)Nc2cccc(C)n2)=C(C)NC2=C1C(=O)CC(C)(C)C2. The number of hydrogen-bond donors (Lipinski definition) is 2. The Bertz CT molecular complexity index is 1170. The molecule has 2 aromatic rings. The van der Waals surface area contributed by atoms with E-state index in [4.69, 9.17) is 0 Å². The van der Waals surface area contributed by atoms with E-state index in [0.29, 0.717) is 17.8 Å². The Kier molecular flexibility index (Phi) is 6.07. The molecule has 168 valence electrons. The lowest BCUT2D eigenvalue weighted by Gasteiger charge is -2.39. The molecule has 2 N–H and O–H groups in total. The predicted octanol–water partition coefficient (Wildman–Crippen LogP) is 5.72. The van der Waals surface area contributed by atoms with E-state index in [1.165, 1.54) is 4.88 Å². The molecule has 5 nitrogen and oxygen atoms in total. The fourth-order valence-corrected chi connectivity index (χ4v) is 6.63. The first-order valence-electron chi connectivity index (χ1n) is 10.7. The largest absolute Gasteiger partial charge is 0.362 e. The molecule has 1 aliphatic carbocycles. The quantitative estimate of drug-likeness (QED) is 0.563. The molecule has 0 bridgehead atoms. The first kappa shape index (κ1) is 22.8. The van der Waals surface area contributed by atoms with E-state index in [0.717, 1.165) is 38.9 Å². The molecule has 0 aromatic carbocycles. The molecule has 0 fully saturated rings. The summed E-state index contributed by atoms with van der Waals surface area (Å²) in [5, 5.41) is 6.40. The van der Waals surface area contributed by atoms with Crippen molar-refractivity contribution in [3.63, 3.8) is 0 Å². The van der Waals surface area contributed by atoms with Crippen LogP contribution in [0.2, 0.25) is 0 Å². The highest BCUT2D eigenvalue weighted by molar-refractivity contribution is 8.00. The Balaban J connectivity index is 1.84. The Hall–Kier alpha value is -2.38. The maximum Gasteiger partial charge on any atom is 0.255 e. The maximum atomic E-state index is 13.6. The van der Waals surface area contributed by atoms with Gasteiger partial charge in [0.1, 0.15) is 5.82 Å². The van der Waals surface area contributed by atoms with Crippen molar-refractivity contribution in [1.29, 1.82) is 0 Å². The Labute approximate surface area is 197 Å². The van der Waals surface area contributed by atoms with Crippen molar-refractivity contribution >= 4 is 40.6 Å². The average Bonchev–Trinajstić information content (AvgIpc) is 3.06. The summed E-state index contributed by atoms with van der Waals surface area (Å²) >= 11 is 3.38. The summed E-state index contributed by atoms with van der Waals surface area (Å²) in [5.41, 5.74) is 4.85. The van der Waals surface area contributed by atoms with E-state index in [-0.39, 0.29) is 23.0 Å². The van der Waals surface area contributed by atoms with E-state index in [9.17, 15) is 9.59 Å². The first-order valence-corrected chi connectivity index (χ1v) is 12.8. The van der Waals surface area contributed by atoms with Crippen LogP contribution in [0.5, 0.6) is 0 Å². The molecule has 32 heavy (non-hydrogen) atoms. The summed E-state index contributed by atoms with van der Waals surface area (Å²) in [4.78, 5) is 32.6. The molecule has 0 spiro atoms. The molecule has 0 saturated carbocycles. The molecule has 0 radical (unpaired) electrons. The van der Waals surface area contributed by atoms with E-state index in [2.05, 4.69) is 42.5 Å². The monoisotopic (exact) mass is 467 g/mol. The second-order valence-electron chi connectivity index (χ2n) is 9.35. The minimum Gasteiger partial charge on any atom is -0.362 e. The highest BCUT2D eigenvalue weighted by Crippen LogP contribution is 2.49. The van der Waals surface area contributed by atoms with Crippen LogP contribution < -0.4 is 10.6 Å². The number of nitrogens with one attached hydrogen (secondary N) is 2. The standard InChI is InChI=1S/C25H29N3O2S2/c1-13-8-7-9-19(26-13)28-23(30)20-15(3)27-17-11-25(4,5)12-18(29)22(17)21(20)16-10-14(2)32-24(16)31-6/h7-10,21,27H,11-12H2,1-6H3,(H,26,28,30)/t21-/m0/s1. The third-order valence-corrected chi connectivity index (χ3v) is 8.18. The summed E-state index contributed by atoms with van der Waals surface area (Å²) in [6, 6.07) is 7.68. The third-order valence-electron chi connectivity index (χ3n) is 5.96. The van der Waals surface area contributed by atoms with E-state index < -0.39 is 0 Å². The second-order valence-corrected chi connectivity index (χ2v) is 11.7. The number of rotatable bonds is 4. The average molecular weight is 468 g/mol. The van der Waals surface area contributed by atoms with Crippen molar-refractivity contribution < 1.29 is 9.59 Å². The van der Waals surface area contributed by atoms with E-state index in [1.807, 2.05) is 32.2 Å². The topological polar surface area (TPSA) is 71.1 Å². The number of aryl methyl sites for hydroxylation is 2. The van der Waals surface area contributed by atoms with Crippen LogP contribution in [0.15, 0.2) is 51.0 Å². The van der Waals surface area contributed by atoms with E-state index in [1.54, 1.807) is 29.2 Å². The highest BCUT2D eigenvalue weighted by atomic mass is 32.2. The van der Waals surface area contributed by atoms with Crippen LogP contribution in [0.3, 0.4) is 0 Å². The summed E-state index contributed by atoms with van der Waals surface area (Å²) in [5.74, 6) is 0.0258. The molecule has 1 atom stereocenters. The van der Waals surface area contributed by atoms with Crippen molar-refractivity contribution in [2.45, 2.75) is 57.6 Å². The minimum atomic E-state index is -0.382. The number of pyridine rings is 1. The van der Waals surface area contributed by atoms with Gasteiger partial charge in [0.15, 0.2) is 5.78 Å². The number of amides is 1. The third kappa shape index (κ3) is 4.28. The van der Waals surface area contributed by atoms with Crippen molar-refractivity contribution in [3.8, 4) is 0 Å². The zero-order valence-corrected chi connectivity index (χ0v) is 21.0. The molecular weight excluding hydrogens is 438 g/mol. The van der Waals surface area contributed by atoms with Crippen molar-refractivity contribution in [3.05, 3.63) is 62.9 Å². The Morgan fingerprint density at radius 1 is 1.25 bits per heavy atom. The summed E-state index contributed by atoms with van der Waals surface area (Å²) in [7, 11) is 0. The van der Waals surface area contributed by atoms with Crippen molar-refractivity contribution in [2.75, 3.05) is 11.6 Å². The lowest BCUT2D eigenvalue weighted by atomic mass is 9.69. The van der Waals surface area contributed by atoms with Gasteiger partial charge in [-0.05, 0) is 62.6 Å². The number of nitrogens with zero attached hydrogens (tertiary/aromatic N) is 1. The van der Waals surface area contributed by atoms with Crippen molar-refractivity contribution in [1.82, 2.24) is 10.3 Å². The molecule has 7 heteroatoms. The lowest BCUT2D eigenvalue weighted by molar-refractivity contribution is -0.118. The number of thiophene rings is 1. The lowest BCUT2D eigenvalue weighted by Crippen LogP contribution is -2.39. The van der Waals surface area contributed by atoms with Crippen LogP contribution in [0.1, 0.15) is 55.7 Å². The fourth-order valence-electron chi connectivity index (χ4n) is 4.72. The van der Waals surface area contributed by atoms with Gasteiger partial charge in [-0.25, -0.2) is 4.98 Å². The molecule has 4 rings (SSSR count). The molecule has 0 unspecified atom stereocenters. The number of ketones is 1. The van der Waals surface area contributed by atoms with Gasteiger partial charge < -0.3 is 10.6 Å². The molecule has 1 amide bonds. The minimum absolute atomic E-state index is 0.105. The number of thioether (sulfide) groups is 1. The molecular formula is C25H29N3O2S2. The Morgan fingerprint density at radius 3 is 2.69 bits per heavy atom. The first-order chi connectivity index (χ1) is 15.1. The number of Topliss-reactive ketones (excluding diaryl/α,β-unsaturated/α-hetero) is 1. The molecule has 2 aliphatic rings. The van der Waals surface area contributed by atoms with Gasteiger partial charge in [-0.1, -0.05) is 19.9 Å². The van der Waals surface area contributed by atoms with Gasteiger partial charge in [-0.2, -0.15) is 0 Å². The van der Waals surface area contributed by atoms with Gasteiger partial charge in [0.25, 0.3) is 5.91 Å². The smallest absolute Gasteiger partial charge is 0.255 e. The van der Waals surface area contributed by atoms with Gasteiger partial charge in [0.05, 0.1) is 4.21 Å². The number of hydrogen-bond acceptors (Lipinski definition) is 6.